The number of aromatic nitrogens is 3. The minimum absolute atomic E-state index is 0.110. The normalized spacial score (nSPS) is 19.7. The van der Waals surface area contributed by atoms with Crippen molar-refractivity contribution in [2.24, 2.45) is 5.92 Å². The van der Waals surface area contributed by atoms with E-state index in [2.05, 4.69) is 32.8 Å². The minimum Gasteiger partial charge on any atom is -0.497 e. The van der Waals surface area contributed by atoms with Crippen LogP contribution in [-0.4, -0.2) is 58.8 Å². The number of halogens is 1. The molecule has 7 nitrogen and oxygen atoms in total. The van der Waals surface area contributed by atoms with Gasteiger partial charge in [0.1, 0.15) is 16.7 Å². The third-order valence-corrected chi connectivity index (χ3v) is 7.73. The average molecular weight is 491 g/mol. The number of fused-ring (bicyclic) bond motifs is 2. The largest absolute Gasteiger partial charge is 0.497 e. The van der Waals surface area contributed by atoms with Crippen LogP contribution >= 0.6 is 11.6 Å². The lowest BCUT2D eigenvalue weighted by Crippen LogP contribution is -2.46. The van der Waals surface area contributed by atoms with Crippen LogP contribution in [0.15, 0.2) is 48.8 Å². The molecular weight excluding hydrogens is 464 g/mol. The zero-order valence-electron chi connectivity index (χ0n) is 19.8. The second-order valence-corrected chi connectivity index (χ2v) is 9.88. The smallest absolute Gasteiger partial charge is 0.171 e. The van der Waals surface area contributed by atoms with Gasteiger partial charge in [-0.25, -0.2) is 0 Å². The van der Waals surface area contributed by atoms with E-state index in [0.29, 0.717) is 24.2 Å². The molecular formula is C27H27ClN4O3. The Hall–Kier alpha value is -3.29. The number of nitrogens with zero attached hydrogens (tertiary/aromatic N) is 3. The fourth-order valence-corrected chi connectivity index (χ4v) is 5.40. The first-order chi connectivity index (χ1) is 17.0. The molecule has 4 heterocycles. The van der Waals surface area contributed by atoms with E-state index in [4.69, 9.17) is 21.1 Å². The number of ketones is 1. The number of likely N-dealkylation sites (N-methyl/N-ethyl adjacent to an activating group) is 1. The van der Waals surface area contributed by atoms with Gasteiger partial charge in [-0.15, -0.1) is 0 Å². The van der Waals surface area contributed by atoms with Crippen LogP contribution in [0.3, 0.4) is 0 Å². The number of likely N-dealkylation sites (tertiary alicyclic amines) is 1. The van der Waals surface area contributed by atoms with Gasteiger partial charge in [0.25, 0.3) is 0 Å². The number of aromatic amines is 1. The monoisotopic (exact) mass is 490 g/mol. The standard InChI is InChI=1S/C27H27ClN4O3/c1-31-8-7-19(31)13-32-14-23(21-5-3-16(11-24(21)32)22-12-29-30-27(22)28)26(33)18-9-17-10-20(34-2)4-6-25(17)35-15-18/h3-6,10-12,14,18-19H,7-9,13,15H2,1-2H3,(H,29,30)/t18-,19+/m0/s1. The first-order valence-corrected chi connectivity index (χ1v) is 12.3. The lowest BCUT2D eigenvalue weighted by Gasteiger charge is -2.38. The van der Waals surface area contributed by atoms with Crippen molar-refractivity contribution in [2.75, 3.05) is 27.3 Å². The fourth-order valence-electron chi connectivity index (χ4n) is 5.19. The van der Waals surface area contributed by atoms with Crippen molar-refractivity contribution >= 4 is 28.3 Å². The minimum atomic E-state index is -0.247. The van der Waals surface area contributed by atoms with E-state index in [1.165, 1.54) is 0 Å². The van der Waals surface area contributed by atoms with E-state index < -0.39 is 0 Å². The van der Waals surface area contributed by atoms with Gasteiger partial charge < -0.3 is 18.9 Å². The maximum absolute atomic E-state index is 13.8. The molecule has 2 aliphatic rings. The number of hydrogen-bond donors (Lipinski definition) is 1. The molecule has 180 valence electrons. The Morgan fingerprint density at radius 3 is 2.89 bits per heavy atom. The molecule has 0 bridgehead atoms. The number of hydrogen-bond acceptors (Lipinski definition) is 5. The molecule has 2 aliphatic heterocycles. The van der Waals surface area contributed by atoms with Crippen molar-refractivity contribution in [3.8, 4) is 22.6 Å². The van der Waals surface area contributed by atoms with Crippen LogP contribution in [0, 0.1) is 5.92 Å². The molecule has 1 N–H and O–H groups in total. The van der Waals surface area contributed by atoms with Crippen molar-refractivity contribution < 1.29 is 14.3 Å². The van der Waals surface area contributed by atoms with Crippen molar-refractivity contribution in [3.63, 3.8) is 0 Å². The summed E-state index contributed by atoms with van der Waals surface area (Å²) in [5, 5.41) is 8.31. The maximum atomic E-state index is 13.8. The second kappa shape index (κ2) is 8.73. The third kappa shape index (κ3) is 3.89. The Bertz CT molecular complexity index is 1430. The van der Waals surface area contributed by atoms with Gasteiger partial charge in [0, 0.05) is 40.8 Å². The summed E-state index contributed by atoms with van der Waals surface area (Å²) in [4.78, 5) is 16.2. The Morgan fingerprint density at radius 1 is 1.29 bits per heavy atom. The highest BCUT2D eigenvalue weighted by Gasteiger charge is 2.31. The van der Waals surface area contributed by atoms with Crippen LogP contribution < -0.4 is 9.47 Å². The molecule has 6 rings (SSSR count). The third-order valence-electron chi connectivity index (χ3n) is 7.44. The number of ether oxygens (including phenoxy) is 2. The first kappa shape index (κ1) is 22.2. The van der Waals surface area contributed by atoms with Crippen LogP contribution in [0.4, 0.5) is 0 Å². The van der Waals surface area contributed by atoms with Crippen molar-refractivity contribution in [1.29, 1.82) is 0 Å². The number of H-pyrrole nitrogens is 1. The molecule has 35 heavy (non-hydrogen) atoms. The summed E-state index contributed by atoms with van der Waals surface area (Å²) in [6, 6.07) is 12.4. The van der Waals surface area contributed by atoms with E-state index in [-0.39, 0.29) is 11.7 Å². The summed E-state index contributed by atoms with van der Waals surface area (Å²) in [5.74, 6) is 1.46. The van der Waals surface area contributed by atoms with Crippen molar-refractivity contribution in [1.82, 2.24) is 19.7 Å². The molecule has 8 heteroatoms. The topological polar surface area (TPSA) is 72.4 Å². The lowest BCUT2D eigenvalue weighted by atomic mass is 9.89. The maximum Gasteiger partial charge on any atom is 0.171 e. The molecule has 1 saturated heterocycles. The van der Waals surface area contributed by atoms with Crippen LogP contribution in [0.25, 0.3) is 22.0 Å². The highest BCUT2D eigenvalue weighted by atomic mass is 35.5. The average Bonchev–Trinajstić information content (AvgIpc) is 3.48. The van der Waals surface area contributed by atoms with Crippen molar-refractivity contribution in [3.05, 3.63) is 65.1 Å². The molecule has 0 unspecified atom stereocenters. The predicted octanol–water partition coefficient (Wildman–Crippen LogP) is 4.83. The van der Waals surface area contributed by atoms with Gasteiger partial charge in [-0.3, -0.25) is 9.89 Å². The van der Waals surface area contributed by atoms with E-state index in [0.717, 1.165) is 64.2 Å². The molecule has 2 atom stereocenters. The summed E-state index contributed by atoms with van der Waals surface area (Å²) in [6.45, 7) is 2.32. The number of methoxy groups -OCH3 is 1. The quantitative estimate of drug-likeness (QED) is 0.392. The zero-order chi connectivity index (χ0) is 24.1. The number of benzene rings is 2. The van der Waals surface area contributed by atoms with E-state index in [1.54, 1.807) is 13.3 Å². The number of rotatable bonds is 6. The summed E-state index contributed by atoms with van der Waals surface area (Å²) in [7, 11) is 3.79. The van der Waals surface area contributed by atoms with Crippen LogP contribution in [0.5, 0.6) is 11.5 Å². The number of carbonyl (C=O) groups excluding carboxylic acids is 1. The molecule has 4 aromatic rings. The number of nitrogens with one attached hydrogen (secondary N) is 1. The molecule has 0 saturated carbocycles. The molecule has 0 radical (unpaired) electrons. The Balaban J connectivity index is 1.38. The Kier molecular flexibility index (Phi) is 5.54. The summed E-state index contributed by atoms with van der Waals surface area (Å²) in [5.41, 5.74) is 4.60. The van der Waals surface area contributed by atoms with Crippen LogP contribution in [0.1, 0.15) is 22.3 Å². The van der Waals surface area contributed by atoms with E-state index in [1.807, 2.05) is 36.5 Å². The number of carbonyl (C=O) groups is 1. The fraction of sp³-hybridized carbons (Fsp3) is 0.333. The van der Waals surface area contributed by atoms with Crippen LogP contribution in [0.2, 0.25) is 5.15 Å². The van der Waals surface area contributed by atoms with Gasteiger partial charge in [0.15, 0.2) is 5.78 Å². The highest BCUT2D eigenvalue weighted by molar-refractivity contribution is 6.32. The van der Waals surface area contributed by atoms with Gasteiger partial charge >= 0.3 is 0 Å². The SMILES string of the molecule is COc1ccc2c(c1)C[C@H](C(=O)c1cn(C[C@H]3CCN3C)c3cc(-c4cn[nH]c4Cl)ccc13)CO2. The van der Waals surface area contributed by atoms with Gasteiger partial charge in [0.2, 0.25) is 0 Å². The molecule has 2 aromatic carbocycles. The van der Waals surface area contributed by atoms with Crippen molar-refractivity contribution in [2.45, 2.75) is 25.4 Å². The summed E-state index contributed by atoms with van der Waals surface area (Å²) >= 11 is 6.31. The zero-order valence-corrected chi connectivity index (χ0v) is 20.5. The second-order valence-electron chi connectivity index (χ2n) is 9.50. The van der Waals surface area contributed by atoms with Gasteiger partial charge in [-0.2, -0.15) is 5.10 Å². The molecule has 1 fully saturated rings. The Labute approximate surface area is 208 Å². The summed E-state index contributed by atoms with van der Waals surface area (Å²) in [6.07, 6.45) is 5.54. The lowest BCUT2D eigenvalue weighted by molar-refractivity contribution is 0.0855. The number of Topliss-reactive ketones (excluding diaryl/α,β-unsaturated/α-hetero) is 1. The molecule has 2 aromatic heterocycles. The Morgan fingerprint density at radius 2 is 2.17 bits per heavy atom. The first-order valence-electron chi connectivity index (χ1n) is 11.9. The van der Waals surface area contributed by atoms with E-state index in [9.17, 15) is 4.79 Å². The van der Waals surface area contributed by atoms with Gasteiger partial charge in [0.05, 0.1) is 25.8 Å². The molecule has 0 amide bonds. The summed E-state index contributed by atoms with van der Waals surface area (Å²) < 4.78 is 13.6. The van der Waals surface area contributed by atoms with Crippen LogP contribution in [-0.2, 0) is 13.0 Å². The molecule has 0 aliphatic carbocycles. The van der Waals surface area contributed by atoms with Gasteiger partial charge in [-0.05, 0) is 61.8 Å². The van der Waals surface area contributed by atoms with Gasteiger partial charge in [-0.1, -0.05) is 23.7 Å². The highest BCUT2D eigenvalue weighted by Crippen LogP contribution is 2.35. The molecule has 0 spiro atoms. The predicted molar refractivity (Wildman–Crippen MR) is 136 cm³/mol. The van der Waals surface area contributed by atoms with E-state index >= 15 is 0 Å².